The molecule has 0 radical (unpaired) electrons. The number of aromatic nitrogens is 2. The van der Waals surface area contributed by atoms with Crippen molar-refractivity contribution in [3.8, 4) is 5.69 Å². The van der Waals surface area contributed by atoms with Gasteiger partial charge in [0, 0.05) is 4.88 Å². The topological polar surface area (TPSA) is 54.9 Å². The average Bonchev–Trinajstić information content (AvgIpc) is 2.93. The van der Waals surface area contributed by atoms with Crippen LogP contribution in [-0.4, -0.2) is 9.55 Å². The minimum Gasteiger partial charge on any atom is -0.298 e. The molecule has 1 N–H and O–H groups in total. The number of aromatic amines is 1. The molecule has 4 nitrogen and oxygen atoms in total. The molecule has 0 saturated heterocycles. The summed E-state index contributed by atoms with van der Waals surface area (Å²) in [6.07, 6.45) is 5.16. The van der Waals surface area contributed by atoms with Gasteiger partial charge in [0.25, 0.3) is 5.56 Å². The molecule has 3 aromatic rings. The highest BCUT2D eigenvalue weighted by atomic mass is 32.1. The number of aryl methyl sites for hydroxylation is 3. The molecule has 0 fully saturated rings. The van der Waals surface area contributed by atoms with Crippen LogP contribution < -0.4 is 11.2 Å². The molecule has 1 aromatic carbocycles. The molecule has 118 valence electrons. The van der Waals surface area contributed by atoms with Gasteiger partial charge in [-0.2, -0.15) is 0 Å². The maximum absolute atomic E-state index is 13.0. The zero-order chi connectivity index (χ0) is 16.0. The molecule has 0 spiro atoms. The van der Waals surface area contributed by atoms with Crippen molar-refractivity contribution in [2.75, 3.05) is 0 Å². The maximum Gasteiger partial charge on any atom is 0.334 e. The Morgan fingerprint density at radius 1 is 1.13 bits per heavy atom. The number of benzene rings is 1. The van der Waals surface area contributed by atoms with Crippen molar-refractivity contribution in [3.63, 3.8) is 0 Å². The molecular formula is C18H18N2O2S. The second-order valence-electron chi connectivity index (χ2n) is 6.01. The minimum atomic E-state index is -0.356. The van der Waals surface area contributed by atoms with Crippen molar-refractivity contribution in [1.29, 1.82) is 0 Å². The third-order valence-electron chi connectivity index (χ3n) is 4.61. The summed E-state index contributed by atoms with van der Waals surface area (Å²) >= 11 is 1.57. The Morgan fingerprint density at radius 3 is 2.61 bits per heavy atom. The molecule has 1 aliphatic rings. The summed E-state index contributed by atoms with van der Waals surface area (Å²) in [7, 11) is 0. The van der Waals surface area contributed by atoms with Gasteiger partial charge in [-0.3, -0.25) is 9.78 Å². The van der Waals surface area contributed by atoms with Gasteiger partial charge in [-0.15, -0.1) is 11.3 Å². The molecule has 0 bridgehead atoms. The lowest BCUT2D eigenvalue weighted by Crippen LogP contribution is -2.33. The Morgan fingerprint density at radius 2 is 1.87 bits per heavy atom. The smallest absolute Gasteiger partial charge is 0.298 e. The van der Waals surface area contributed by atoms with E-state index in [0.29, 0.717) is 11.1 Å². The maximum atomic E-state index is 13.0. The van der Waals surface area contributed by atoms with Gasteiger partial charge in [0.1, 0.15) is 4.83 Å². The number of fused-ring (bicyclic) bond motifs is 3. The summed E-state index contributed by atoms with van der Waals surface area (Å²) in [5.74, 6) is 0. The third-order valence-corrected chi connectivity index (χ3v) is 5.82. The van der Waals surface area contributed by atoms with E-state index in [2.05, 4.69) is 11.9 Å². The quantitative estimate of drug-likeness (QED) is 0.786. The van der Waals surface area contributed by atoms with Gasteiger partial charge in [-0.1, -0.05) is 19.1 Å². The van der Waals surface area contributed by atoms with Gasteiger partial charge >= 0.3 is 5.69 Å². The third kappa shape index (κ3) is 2.27. The van der Waals surface area contributed by atoms with Crippen LogP contribution >= 0.6 is 11.3 Å². The van der Waals surface area contributed by atoms with Crippen LogP contribution in [0.2, 0.25) is 0 Å². The molecule has 23 heavy (non-hydrogen) atoms. The summed E-state index contributed by atoms with van der Waals surface area (Å²) in [6.45, 7) is 2.08. The number of hydrogen-bond donors (Lipinski definition) is 1. The zero-order valence-electron chi connectivity index (χ0n) is 13.0. The first kappa shape index (κ1) is 14.5. The molecule has 5 heteroatoms. The second kappa shape index (κ2) is 5.49. The summed E-state index contributed by atoms with van der Waals surface area (Å²) < 4.78 is 1.27. The monoisotopic (exact) mass is 326 g/mol. The lowest BCUT2D eigenvalue weighted by Gasteiger charge is -2.10. The molecule has 0 amide bonds. The molecule has 2 heterocycles. The van der Waals surface area contributed by atoms with Gasteiger partial charge in [0.15, 0.2) is 0 Å². The molecule has 4 rings (SSSR count). The lowest BCUT2D eigenvalue weighted by atomic mass is 9.97. The van der Waals surface area contributed by atoms with Crippen molar-refractivity contribution >= 4 is 21.6 Å². The summed E-state index contributed by atoms with van der Waals surface area (Å²) in [6, 6.07) is 7.63. The van der Waals surface area contributed by atoms with Crippen LogP contribution in [0.4, 0.5) is 0 Å². The normalized spacial score (nSPS) is 14.1. The lowest BCUT2D eigenvalue weighted by molar-refractivity contribution is 0.699. The number of nitrogens with one attached hydrogen (secondary N) is 1. The van der Waals surface area contributed by atoms with Crippen molar-refractivity contribution in [2.45, 2.75) is 39.0 Å². The van der Waals surface area contributed by atoms with E-state index < -0.39 is 0 Å². The Bertz CT molecular complexity index is 993. The number of rotatable bonds is 2. The Balaban J connectivity index is 1.99. The van der Waals surface area contributed by atoms with Crippen LogP contribution in [0.5, 0.6) is 0 Å². The number of H-pyrrole nitrogens is 1. The van der Waals surface area contributed by atoms with Gasteiger partial charge in [-0.25, -0.2) is 9.36 Å². The molecule has 2 aromatic heterocycles. The highest BCUT2D eigenvalue weighted by Crippen LogP contribution is 2.33. The number of thiophene rings is 1. The summed E-state index contributed by atoms with van der Waals surface area (Å²) in [5.41, 5.74) is 2.42. The minimum absolute atomic E-state index is 0.188. The van der Waals surface area contributed by atoms with E-state index in [-0.39, 0.29) is 11.2 Å². The van der Waals surface area contributed by atoms with Gasteiger partial charge in [0.05, 0.1) is 11.1 Å². The molecule has 0 aliphatic heterocycles. The molecule has 0 atom stereocenters. The first-order valence-electron chi connectivity index (χ1n) is 8.08. The van der Waals surface area contributed by atoms with Crippen molar-refractivity contribution < 1.29 is 0 Å². The Labute approximate surface area is 137 Å². The van der Waals surface area contributed by atoms with E-state index in [1.165, 1.54) is 15.0 Å². The van der Waals surface area contributed by atoms with Gasteiger partial charge in [0.2, 0.25) is 0 Å². The van der Waals surface area contributed by atoms with E-state index in [1.54, 1.807) is 11.3 Å². The van der Waals surface area contributed by atoms with Gasteiger partial charge < -0.3 is 0 Å². The van der Waals surface area contributed by atoms with Crippen LogP contribution in [0.3, 0.4) is 0 Å². The number of hydrogen-bond acceptors (Lipinski definition) is 3. The standard InChI is InChI=1S/C18H18N2O2S/c1-2-11-7-9-12(10-8-11)20-17(21)15-13-5-3-4-6-14(13)23-16(15)19-18(20)22/h7-10H,2-6H2,1H3,(H,19,22). The highest BCUT2D eigenvalue weighted by molar-refractivity contribution is 7.18. The SMILES string of the molecule is CCc1ccc(-n2c(=O)[nH]c3sc4c(c3c2=O)CCCC4)cc1. The van der Waals surface area contributed by atoms with E-state index in [0.717, 1.165) is 42.5 Å². The molecule has 0 unspecified atom stereocenters. The summed E-state index contributed by atoms with van der Waals surface area (Å²) in [5, 5.41) is 0.712. The highest BCUT2D eigenvalue weighted by Gasteiger charge is 2.21. The van der Waals surface area contributed by atoms with E-state index >= 15 is 0 Å². The van der Waals surface area contributed by atoms with Crippen molar-refractivity contribution in [3.05, 3.63) is 61.1 Å². The first-order chi connectivity index (χ1) is 11.2. The van der Waals surface area contributed by atoms with E-state index in [1.807, 2.05) is 24.3 Å². The van der Waals surface area contributed by atoms with Crippen LogP contribution in [0.15, 0.2) is 33.9 Å². The second-order valence-corrected chi connectivity index (χ2v) is 7.11. The average molecular weight is 326 g/mol. The Kier molecular flexibility index (Phi) is 3.45. The Hall–Kier alpha value is -2.14. The largest absolute Gasteiger partial charge is 0.334 e. The van der Waals surface area contributed by atoms with Crippen LogP contribution in [0.25, 0.3) is 15.9 Å². The van der Waals surface area contributed by atoms with Crippen LogP contribution in [-0.2, 0) is 19.3 Å². The van der Waals surface area contributed by atoms with Gasteiger partial charge in [-0.05, 0) is 55.4 Å². The fourth-order valence-electron chi connectivity index (χ4n) is 3.35. The zero-order valence-corrected chi connectivity index (χ0v) is 13.8. The van der Waals surface area contributed by atoms with Crippen molar-refractivity contribution in [2.24, 2.45) is 0 Å². The summed E-state index contributed by atoms with van der Waals surface area (Å²) in [4.78, 5) is 30.3. The van der Waals surface area contributed by atoms with Crippen LogP contribution in [0, 0.1) is 0 Å². The predicted octanol–water partition coefficient (Wildman–Crippen LogP) is 3.18. The molecular weight excluding hydrogens is 308 g/mol. The molecule has 1 aliphatic carbocycles. The molecule has 0 saturated carbocycles. The van der Waals surface area contributed by atoms with Crippen molar-refractivity contribution in [1.82, 2.24) is 9.55 Å². The van der Waals surface area contributed by atoms with E-state index in [9.17, 15) is 9.59 Å². The number of nitrogens with zero attached hydrogens (tertiary/aromatic N) is 1. The van der Waals surface area contributed by atoms with E-state index in [4.69, 9.17) is 0 Å². The fraction of sp³-hybridized carbons (Fsp3) is 0.333. The first-order valence-corrected chi connectivity index (χ1v) is 8.89. The van der Waals surface area contributed by atoms with Crippen LogP contribution in [0.1, 0.15) is 35.8 Å². The predicted molar refractivity (Wildman–Crippen MR) is 94.1 cm³/mol. The fourth-order valence-corrected chi connectivity index (χ4v) is 4.62.